The molecule has 0 spiro atoms. The Morgan fingerprint density at radius 3 is 2.93 bits per heavy atom. The number of benzene rings is 1. The quantitative estimate of drug-likeness (QED) is 0.562. The minimum absolute atomic E-state index is 0.147. The number of carbonyl (C=O) groups excluding carboxylic acids is 1. The number of aryl methyl sites for hydroxylation is 1. The highest BCUT2D eigenvalue weighted by Gasteiger charge is 2.14. The van der Waals surface area contributed by atoms with Crippen LogP contribution in [0.15, 0.2) is 57.7 Å². The molecule has 0 radical (unpaired) electrons. The lowest BCUT2D eigenvalue weighted by Crippen LogP contribution is -2.17. The number of ether oxygens (including phenoxy) is 1. The molecule has 7 heteroatoms. The molecule has 1 N–H and O–H groups in total. The summed E-state index contributed by atoms with van der Waals surface area (Å²) in [5.41, 5.74) is 1.51. The van der Waals surface area contributed by atoms with E-state index in [0.29, 0.717) is 23.7 Å². The van der Waals surface area contributed by atoms with Crippen LogP contribution in [0, 0.1) is 6.92 Å². The summed E-state index contributed by atoms with van der Waals surface area (Å²) in [6, 6.07) is 11.1. The second kappa shape index (κ2) is 7.03. The largest absolute Gasteiger partial charge is 0.497 e. The smallest absolute Gasteiger partial charge is 0.230 e. The van der Waals surface area contributed by atoms with Gasteiger partial charge in [-0.2, -0.15) is 5.10 Å². The topological polar surface area (TPSA) is 82.4 Å². The third kappa shape index (κ3) is 3.57. The van der Waals surface area contributed by atoms with E-state index >= 15 is 0 Å². The van der Waals surface area contributed by atoms with Crippen molar-refractivity contribution >= 4 is 22.7 Å². The summed E-state index contributed by atoms with van der Waals surface area (Å²) in [4.78, 5) is 12.5. The van der Waals surface area contributed by atoms with Gasteiger partial charge in [0.15, 0.2) is 0 Å². The number of carbonyl (C=O) groups is 1. The minimum atomic E-state index is -0.147. The number of fused-ring (bicyclic) bond motifs is 1. The number of aromatic nitrogens is 2. The summed E-state index contributed by atoms with van der Waals surface area (Å²) < 4.78 is 18.0. The van der Waals surface area contributed by atoms with Crippen LogP contribution in [0.5, 0.6) is 5.75 Å². The molecule has 1 aromatic carbocycles. The van der Waals surface area contributed by atoms with Crippen LogP contribution in [-0.4, -0.2) is 22.8 Å². The average Bonchev–Trinajstić information content (AvgIpc) is 3.37. The summed E-state index contributed by atoms with van der Waals surface area (Å²) in [6.45, 7) is 2.34. The molecule has 0 aliphatic carbocycles. The molecule has 138 valence electrons. The number of hydrogen-bond donors (Lipinski definition) is 1. The Morgan fingerprint density at radius 2 is 2.15 bits per heavy atom. The van der Waals surface area contributed by atoms with Crippen LogP contribution in [0.1, 0.15) is 17.1 Å². The first kappa shape index (κ1) is 17.0. The second-order valence-corrected chi connectivity index (χ2v) is 6.23. The summed E-state index contributed by atoms with van der Waals surface area (Å²) >= 11 is 0. The van der Waals surface area contributed by atoms with Gasteiger partial charge in [0.1, 0.15) is 35.2 Å². The van der Waals surface area contributed by atoms with Crippen LogP contribution in [0.4, 0.5) is 5.82 Å². The van der Waals surface area contributed by atoms with Crippen molar-refractivity contribution in [2.75, 3.05) is 12.4 Å². The van der Waals surface area contributed by atoms with Gasteiger partial charge in [0.05, 0.1) is 26.0 Å². The standard InChI is InChI=1S/C20H19N3O4/c1-13-3-4-16(27-13)11-23-19(7-8-21-23)22-20(24)9-14-12-26-18-10-15(25-2)5-6-17(14)18/h3-8,10,12H,9,11H2,1-2H3,(H,22,24). The van der Waals surface area contributed by atoms with Crippen LogP contribution >= 0.6 is 0 Å². The molecule has 0 unspecified atom stereocenters. The average molecular weight is 365 g/mol. The van der Waals surface area contributed by atoms with Crippen molar-refractivity contribution in [1.29, 1.82) is 0 Å². The molecule has 3 aromatic heterocycles. The summed E-state index contributed by atoms with van der Waals surface area (Å²) in [7, 11) is 1.60. The van der Waals surface area contributed by atoms with Crippen molar-refractivity contribution in [3.63, 3.8) is 0 Å². The van der Waals surface area contributed by atoms with Gasteiger partial charge < -0.3 is 18.9 Å². The second-order valence-electron chi connectivity index (χ2n) is 6.23. The molecule has 4 rings (SSSR count). The fraction of sp³-hybridized carbons (Fsp3) is 0.200. The van der Waals surface area contributed by atoms with E-state index in [-0.39, 0.29) is 12.3 Å². The fourth-order valence-corrected chi connectivity index (χ4v) is 2.97. The van der Waals surface area contributed by atoms with E-state index in [0.717, 1.165) is 22.5 Å². The van der Waals surface area contributed by atoms with Crippen molar-refractivity contribution in [2.45, 2.75) is 19.9 Å². The van der Waals surface area contributed by atoms with Gasteiger partial charge in [0, 0.05) is 23.1 Å². The van der Waals surface area contributed by atoms with Crippen molar-refractivity contribution in [3.05, 3.63) is 65.9 Å². The highest BCUT2D eigenvalue weighted by Crippen LogP contribution is 2.26. The number of amides is 1. The van der Waals surface area contributed by atoms with E-state index in [4.69, 9.17) is 13.6 Å². The molecule has 4 aromatic rings. The molecule has 0 aliphatic heterocycles. The lowest BCUT2D eigenvalue weighted by Gasteiger charge is -2.07. The molecule has 0 bridgehead atoms. The molecule has 0 fully saturated rings. The maximum absolute atomic E-state index is 12.5. The molecule has 3 heterocycles. The van der Waals surface area contributed by atoms with Gasteiger partial charge in [0.2, 0.25) is 5.91 Å². The SMILES string of the molecule is COc1ccc2c(CC(=O)Nc3ccnn3Cc3ccc(C)o3)coc2c1. The van der Waals surface area contributed by atoms with Crippen LogP contribution in [0.3, 0.4) is 0 Å². The van der Waals surface area contributed by atoms with Gasteiger partial charge in [-0.05, 0) is 31.2 Å². The molecule has 0 atom stereocenters. The fourth-order valence-electron chi connectivity index (χ4n) is 2.97. The minimum Gasteiger partial charge on any atom is -0.497 e. The number of rotatable bonds is 6. The maximum atomic E-state index is 12.5. The van der Waals surface area contributed by atoms with E-state index < -0.39 is 0 Å². The van der Waals surface area contributed by atoms with Gasteiger partial charge in [-0.15, -0.1) is 0 Å². The predicted octanol–water partition coefficient (Wildman–Crippen LogP) is 3.77. The summed E-state index contributed by atoms with van der Waals surface area (Å²) in [5, 5.41) is 8.04. The highest BCUT2D eigenvalue weighted by molar-refractivity contribution is 5.95. The zero-order valence-electron chi connectivity index (χ0n) is 15.1. The molecular formula is C20H19N3O4. The maximum Gasteiger partial charge on any atom is 0.230 e. The van der Waals surface area contributed by atoms with E-state index in [1.807, 2.05) is 31.2 Å². The Hall–Kier alpha value is -3.48. The molecular weight excluding hydrogens is 346 g/mol. The zero-order valence-corrected chi connectivity index (χ0v) is 15.1. The van der Waals surface area contributed by atoms with Gasteiger partial charge in [-0.1, -0.05) is 0 Å². The van der Waals surface area contributed by atoms with Gasteiger partial charge >= 0.3 is 0 Å². The lowest BCUT2D eigenvalue weighted by molar-refractivity contribution is -0.115. The van der Waals surface area contributed by atoms with Crippen LogP contribution in [0.2, 0.25) is 0 Å². The lowest BCUT2D eigenvalue weighted by atomic mass is 10.1. The Balaban J connectivity index is 1.47. The van der Waals surface area contributed by atoms with Gasteiger partial charge in [0.25, 0.3) is 0 Å². The Morgan fingerprint density at radius 1 is 1.26 bits per heavy atom. The van der Waals surface area contributed by atoms with E-state index in [1.165, 1.54) is 0 Å². The Labute approximate surface area is 155 Å². The van der Waals surface area contributed by atoms with E-state index in [2.05, 4.69) is 10.4 Å². The zero-order chi connectivity index (χ0) is 18.8. The Kier molecular flexibility index (Phi) is 4.42. The predicted molar refractivity (Wildman–Crippen MR) is 99.9 cm³/mol. The third-order valence-electron chi connectivity index (χ3n) is 4.30. The third-order valence-corrected chi connectivity index (χ3v) is 4.30. The summed E-state index contributed by atoms with van der Waals surface area (Å²) in [6.07, 6.45) is 3.45. The van der Waals surface area contributed by atoms with E-state index in [1.54, 1.807) is 36.4 Å². The number of nitrogens with one attached hydrogen (secondary N) is 1. The molecule has 27 heavy (non-hydrogen) atoms. The van der Waals surface area contributed by atoms with Gasteiger partial charge in [-0.3, -0.25) is 4.79 Å². The molecule has 0 aliphatic rings. The molecule has 7 nitrogen and oxygen atoms in total. The van der Waals surface area contributed by atoms with Crippen LogP contribution in [0.25, 0.3) is 11.0 Å². The number of methoxy groups -OCH3 is 1. The van der Waals surface area contributed by atoms with Crippen molar-refractivity contribution in [1.82, 2.24) is 9.78 Å². The molecule has 1 amide bonds. The van der Waals surface area contributed by atoms with Crippen LogP contribution in [-0.2, 0) is 17.8 Å². The van der Waals surface area contributed by atoms with Crippen molar-refractivity contribution < 1.29 is 18.4 Å². The van der Waals surface area contributed by atoms with E-state index in [9.17, 15) is 4.79 Å². The van der Waals surface area contributed by atoms with Gasteiger partial charge in [-0.25, -0.2) is 4.68 Å². The highest BCUT2D eigenvalue weighted by atomic mass is 16.5. The summed E-state index contributed by atoms with van der Waals surface area (Å²) in [5.74, 6) is 2.80. The molecule has 0 saturated heterocycles. The number of hydrogen-bond acceptors (Lipinski definition) is 5. The van der Waals surface area contributed by atoms with Crippen LogP contribution < -0.4 is 10.1 Å². The van der Waals surface area contributed by atoms with Crippen molar-refractivity contribution in [2.24, 2.45) is 0 Å². The monoisotopic (exact) mass is 365 g/mol. The van der Waals surface area contributed by atoms with Crippen molar-refractivity contribution in [3.8, 4) is 5.75 Å². The Bertz CT molecular complexity index is 1090. The normalized spacial score (nSPS) is 11.0. The number of furan rings is 2. The number of anilines is 1. The first-order valence-electron chi connectivity index (χ1n) is 8.53. The molecule has 0 saturated carbocycles. The first-order chi connectivity index (χ1) is 13.1. The number of nitrogens with zero attached hydrogens (tertiary/aromatic N) is 2. The first-order valence-corrected chi connectivity index (χ1v) is 8.53.